The summed E-state index contributed by atoms with van der Waals surface area (Å²) in [5.41, 5.74) is -1.90. The summed E-state index contributed by atoms with van der Waals surface area (Å²) in [5, 5.41) is 9.04. The van der Waals surface area contributed by atoms with Crippen LogP contribution in [0.3, 0.4) is 0 Å². The van der Waals surface area contributed by atoms with Gasteiger partial charge in [0, 0.05) is 5.69 Å². The van der Waals surface area contributed by atoms with Crippen molar-refractivity contribution in [3.05, 3.63) is 29.3 Å². The molecule has 0 N–H and O–H groups in total. The van der Waals surface area contributed by atoms with Gasteiger partial charge in [-0.3, -0.25) is 4.79 Å². The number of nitrogens with zero attached hydrogens (tertiary/aromatic N) is 2. The Morgan fingerprint density at radius 2 is 1.87 bits per heavy atom. The van der Waals surface area contributed by atoms with E-state index in [9.17, 15) is 18.0 Å². The number of amides is 1. The van der Waals surface area contributed by atoms with Gasteiger partial charge in [0.15, 0.2) is 8.32 Å². The third kappa shape index (κ3) is 3.56. The Morgan fingerprint density at radius 1 is 1.27 bits per heavy atom. The van der Waals surface area contributed by atoms with E-state index in [4.69, 9.17) is 9.69 Å². The molecule has 164 valence electrons. The minimum atomic E-state index is -4.67. The van der Waals surface area contributed by atoms with Crippen LogP contribution in [-0.2, 0) is 15.4 Å². The van der Waals surface area contributed by atoms with Gasteiger partial charge in [-0.2, -0.15) is 18.4 Å². The number of rotatable bonds is 4. The molecule has 1 aromatic rings. The third-order valence-electron chi connectivity index (χ3n) is 7.01. The highest BCUT2D eigenvalue weighted by Gasteiger charge is 2.67. The first-order valence-corrected chi connectivity index (χ1v) is 13.2. The number of nitriles is 1. The number of halogens is 3. The van der Waals surface area contributed by atoms with Gasteiger partial charge in [0.2, 0.25) is 5.91 Å². The number of carbonyl (C=O) groups excluding carboxylic acids is 1. The maximum Gasteiger partial charge on any atom is 0.417 e. The quantitative estimate of drug-likeness (QED) is 0.552. The van der Waals surface area contributed by atoms with Crippen molar-refractivity contribution in [1.29, 1.82) is 5.26 Å². The van der Waals surface area contributed by atoms with Crippen molar-refractivity contribution in [2.45, 2.75) is 83.4 Å². The van der Waals surface area contributed by atoms with Crippen molar-refractivity contribution in [3.63, 3.8) is 0 Å². The summed E-state index contributed by atoms with van der Waals surface area (Å²) < 4.78 is 47.2. The van der Waals surface area contributed by atoms with Crippen LogP contribution in [0.1, 0.15) is 58.1 Å². The zero-order valence-corrected chi connectivity index (χ0v) is 19.4. The fraction of sp³-hybridized carbons (Fsp3) is 0.636. The average Bonchev–Trinajstić information content (AvgIpc) is 3.40. The Bertz CT molecular complexity index is 895. The molecule has 8 heteroatoms. The fourth-order valence-electron chi connectivity index (χ4n) is 4.05. The van der Waals surface area contributed by atoms with Gasteiger partial charge in [-0.25, -0.2) is 0 Å². The van der Waals surface area contributed by atoms with E-state index in [2.05, 4.69) is 33.9 Å². The second kappa shape index (κ2) is 7.09. The number of benzene rings is 1. The van der Waals surface area contributed by atoms with Gasteiger partial charge in [-0.1, -0.05) is 27.7 Å². The largest absolute Gasteiger partial charge is 0.417 e. The zero-order chi connectivity index (χ0) is 22.7. The molecule has 2 fully saturated rings. The number of hydrogen-bond acceptors (Lipinski definition) is 3. The molecule has 1 aliphatic heterocycles. The van der Waals surface area contributed by atoms with Crippen LogP contribution < -0.4 is 4.90 Å². The number of alkyl halides is 3. The zero-order valence-electron chi connectivity index (χ0n) is 18.4. The second-order valence-electron chi connectivity index (χ2n) is 9.95. The summed E-state index contributed by atoms with van der Waals surface area (Å²) in [6.45, 7) is 12.6. The lowest BCUT2D eigenvalue weighted by Crippen LogP contribution is -2.49. The van der Waals surface area contributed by atoms with E-state index in [0.717, 1.165) is 12.1 Å². The smallest absolute Gasteiger partial charge is 0.411 e. The van der Waals surface area contributed by atoms with Crippen molar-refractivity contribution < 1.29 is 22.4 Å². The van der Waals surface area contributed by atoms with E-state index >= 15 is 0 Å². The Labute approximate surface area is 177 Å². The predicted molar refractivity (Wildman–Crippen MR) is 111 cm³/mol. The molecule has 3 rings (SSSR count). The average molecular weight is 439 g/mol. The summed E-state index contributed by atoms with van der Waals surface area (Å²) in [4.78, 5) is 14.9. The standard InChI is InChI=1S/C22H29F3N2O2Si/c1-7-17-18(29-30(5,6)20(2,3)4)21(10-11-21)19(28)27(17)15-9-8-14(13-26)16(12-15)22(23,24)25/h8-9,12,17-18H,7,10-11H2,1-6H3/t17-,18-/m0/s1. The van der Waals surface area contributed by atoms with E-state index in [0.29, 0.717) is 19.3 Å². The topological polar surface area (TPSA) is 53.3 Å². The van der Waals surface area contributed by atoms with Gasteiger partial charge in [0.25, 0.3) is 0 Å². The lowest BCUT2D eigenvalue weighted by Gasteiger charge is -2.41. The molecule has 0 bridgehead atoms. The first-order chi connectivity index (χ1) is 13.7. The van der Waals surface area contributed by atoms with Crippen LogP contribution in [0.15, 0.2) is 18.2 Å². The Kier molecular flexibility index (Phi) is 5.40. The molecule has 1 aromatic carbocycles. The fourth-order valence-corrected chi connectivity index (χ4v) is 5.42. The van der Waals surface area contributed by atoms with Crippen LogP contribution in [-0.4, -0.2) is 26.4 Å². The molecule has 1 aliphatic carbocycles. The number of anilines is 1. The molecule has 0 unspecified atom stereocenters. The van der Waals surface area contributed by atoms with Gasteiger partial charge in [-0.15, -0.1) is 0 Å². The van der Waals surface area contributed by atoms with Crippen molar-refractivity contribution >= 4 is 19.9 Å². The van der Waals surface area contributed by atoms with E-state index in [-0.39, 0.29) is 28.8 Å². The molecule has 1 saturated carbocycles. The van der Waals surface area contributed by atoms with Gasteiger partial charge in [0.05, 0.1) is 34.8 Å². The van der Waals surface area contributed by atoms with Crippen LogP contribution >= 0.6 is 0 Å². The Morgan fingerprint density at radius 3 is 2.30 bits per heavy atom. The molecule has 0 radical (unpaired) electrons. The predicted octanol–water partition coefficient (Wildman–Crippen LogP) is 5.87. The molecular weight excluding hydrogens is 409 g/mol. The van der Waals surface area contributed by atoms with Crippen LogP contribution in [0.5, 0.6) is 0 Å². The van der Waals surface area contributed by atoms with Crippen molar-refractivity contribution in [1.82, 2.24) is 0 Å². The first kappa shape index (κ1) is 22.8. The summed E-state index contributed by atoms with van der Waals surface area (Å²) in [6.07, 6.45) is -3.03. The lowest BCUT2D eigenvalue weighted by molar-refractivity contribution is -0.137. The molecule has 2 aliphatic rings. The van der Waals surface area contributed by atoms with Crippen LogP contribution in [0.4, 0.5) is 18.9 Å². The maximum absolute atomic E-state index is 13.5. The third-order valence-corrected chi connectivity index (χ3v) is 11.5. The highest BCUT2D eigenvalue weighted by atomic mass is 28.4. The Balaban J connectivity index is 2.05. The maximum atomic E-state index is 13.5. The van der Waals surface area contributed by atoms with Gasteiger partial charge < -0.3 is 9.33 Å². The molecule has 0 aromatic heterocycles. The van der Waals surface area contributed by atoms with Gasteiger partial charge >= 0.3 is 6.18 Å². The molecule has 1 spiro atoms. The van der Waals surface area contributed by atoms with Crippen molar-refractivity contribution in [2.24, 2.45) is 5.41 Å². The molecule has 4 nitrogen and oxygen atoms in total. The van der Waals surface area contributed by atoms with Crippen LogP contribution in [0.2, 0.25) is 18.1 Å². The summed E-state index contributed by atoms with van der Waals surface area (Å²) in [5.74, 6) is -0.157. The molecule has 1 heterocycles. The SMILES string of the molecule is CC[C@H]1[C@H](O[Si](C)(C)C(C)(C)C)C2(CC2)C(=O)N1c1ccc(C#N)c(C(F)(F)F)c1. The van der Waals surface area contributed by atoms with Crippen molar-refractivity contribution in [2.75, 3.05) is 4.90 Å². The minimum Gasteiger partial charge on any atom is -0.411 e. The van der Waals surface area contributed by atoms with Gasteiger partial charge in [-0.05, 0) is 55.6 Å². The summed E-state index contributed by atoms with van der Waals surface area (Å²) >= 11 is 0. The minimum absolute atomic E-state index is 0.0459. The highest BCUT2D eigenvalue weighted by Crippen LogP contribution is 2.59. The lowest BCUT2D eigenvalue weighted by atomic mass is 9.97. The molecule has 2 atom stereocenters. The highest BCUT2D eigenvalue weighted by molar-refractivity contribution is 6.74. The van der Waals surface area contributed by atoms with Gasteiger partial charge in [0.1, 0.15) is 0 Å². The van der Waals surface area contributed by atoms with E-state index < -0.39 is 31.0 Å². The molecule has 1 amide bonds. The molecule has 1 saturated heterocycles. The summed E-state index contributed by atoms with van der Waals surface area (Å²) in [7, 11) is -2.19. The van der Waals surface area contributed by atoms with E-state index in [1.807, 2.05) is 6.92 Å². The normalized spacial score (nSPS) is 23.7. The first-order valence-electron chi connectivity index (χ1n) is 10.3. The number of hydrogen-bond donors (Lipinski definition) is 0. The second-order valence-corrected chi connectivity index (χ2v) is 14.7. The van der Waals surface area contributed by atoms with Crippen LogP contribution in [0, 0.1) is 16.7 Å². The van der Waals surface area contributed by atoms with E-state index in [1.54, 1.807) is 6.07 Å². The molecule has 30 heavy (non-hydrogen) atoms. The summed E-state index contributed by atoms with van der Waals surface area (Å²) in [6, 6.07) is 4.80. The van der Waals surface area contributed by atoms with Crippen LogP contribution in [0.25, 0.3) is 0 Å². The molecular formula is C22H29F3N2O2Si. The monoisotopic (exact) mass is 438 g/mol. The van der Waals surface area contributed by atoms with Crippen molar-refractivity contribution in [3.8, 4) is 6.07 Å². The Hall–Kier alpha value is -1.85. The number of carbonyl (C=O) groups is 1. The van der Waals surface area contributed by atoms with E-state index in [1.165, 1.54) is 11.0 Å².